The van der Waals surface area contributed by atoms with Gasteiger partial charge in [-0.2, -0.15) is 0 Å². The van der Waals surface area contributed by atoms with Crippen LogP contribution in [0.25, 0.3) is 0 Å². The fraction of sp³-hybridized carbons (Fsp3) is 0.636. The average Bonchev–Trinajstić information content (AvgIpc) is 2.67. The molecule has 2 atom stereocenters. The van der Waals surface area contributed by atoms with Gasteiger partial charge in [-0.15, -0.1) is 0 Å². The van der Waals surface area contributed by atoms with Gasteiger partial charge in [-0.3, -0.25) is 4.79 Å². The summed E-state index contributed by atoms with van der Waals surface area (Å²) < 4.78 is 16.7. The summed E-state index contributed by atoms with van der Waals surface area (Å²) in [6, 6.07) is 5.07. The zero-order valence-corrected chi connectivity index (χ0v) is 17.5. The van der Waals surface area contributed by atoms with Crippen LogP contribution in [0, 0.1) is 5.92 Å². The molecule has 1 aliphatic carbocycles. The van der Waals surface area contributed by atoms with E-state index in [1.807, 2.05) is 13.8 Å². The minimum absolute atomic E-state index is 0.155. The van der Waals surface area contributed by atoms with Crippen LogP contribution in [0.15, 0.2) is 18.2 Å². The van der Waals surface area contributed by atoms with Crippen LogP contribution < -0.4 is 10.1 Å². The highest BCUT2D eigenvalue weighted by atomic mass is 16.5. The van der Waals surface area contributed by atoms with Crippen LogP contribution in [0.2, 0.25) is 0 Å². The Balaban J connectivity index is 2.24. The number of ether oxygens (including phenoxy) is 3. The van der Waals surface area contributed by atoms with E-state index in [9.17, 15) is 9.59 Å². The van der Waals surface area contributed by atoms with E-state index >= 15 is 0 Å². The van der Waals surface area contributed by atoms with E-state index in [1.54, 1.807) is 25.1 Å². The molecule has 0 heterocycles. The van der Waals surface area contributed by atoms with Crippen molar-refractivity contribution in [2.45, 2.75) is 65.4 Å². The first-order chi connectivity index (χ1) is 13.5. The third-order valence-electron chi connectivity index (χ3n) is 4.98. The van der Waals surface area contributed by atoms with Crippen molar-refractivity contribution in [2.24, 2.45) is 5.92 Å². The Morgan fingerprint density at radius 3 is 2.64 bits per heavy atom. The van der Waals surface area contributed by atoms with E-state index in [1.165, 1.54) is 0 Å². The first-order valence-electron chi connectivity index (χ1n) is 10.3. The van der Waals surface area contributed by atoms with Crippen molar-refractivity contribution >= 4 is 17.6 Å². The fourth-order valence-electron chi connectivity index (χ4n) is 3.74. The van der Waals surface area contributed by atoms with Crippen molar-refractivity contribution in [1.82, 2.24) is 0 Å². The lowest BCUT2D eigenvalue weighted by molar-refractivity contribution is -0.147. The molecule has 0 saturated heterocycles. The molecule has 156 valence electrons. The summed E-state index contributed by atoms with van der Waals surface area (Å²) in [5.41, 5.74) is 0.0400. The molecular weight excluding hydrogens is 358 g/mol. The third kappa shape index (κ3) is 5.47. The topological polar surface area (TPSA) is 73.9 Å². The van der Waals surface area contributed by atoms with Crippen LogP contribution in [-0.2, 0) is 14.3 Å². The second-order valence-corrected chi connectivity index (χ2v) is 7.36. The Hall–Kier alpha value is -2.08. The molecule has 1 aromatic carbocycles. The Kier molecular flexibility index (Phi) is 8.30. The maximum atomic E-state index is 13.1. The summed E-state index contributed by atoms with van der Waals surface area (Å²) in [4.78, 5) is 25.4. The number of hydrogen-bond donors (Lipinski definition) is 1. The van der Waals surface area contributed by atoms with Crippen molar-refractivity contribution in [3.63, 3.8) is 0 Å². The number of nitrogens with one attached hydrogen (secondary N) is 1. The number of carbonyl (C=O) groups is 2. The Morgan fingerprint density at radius 2 is 2.00 bits per heavy atom. The minimum Gasteiger partial charge on any atom is -0.493 e. The average molecular weight is 392 g/mol. The van der Waals surface area contributed by atoms with E-state index in [-0.39, 0.29) is 12.5 Å². The summed E-state index contributed by atoms with van der Waals surface area (Å²) in [6.07, 6.45) is 4.31. The van der Waals surface area contributed by atoms with Crippen molar-refractivity contribution in [1.29, 1.82) is 0 Å². The molecule has 0 spiro atoms. The van der Waals surface area contributed by atoms with Crippen molar-refractivity contribution in [2.75, 3.05) is 25.1 Å². The largest absolute Gasteiger partial charge is 0.493 e. The highest BCUT2D eigenvalue weighted by molar-refractivity contribution is 5.99. The molecule has 6 nitrogen and oxygen atoms in total. The number of benzene rings is 1. The van der Waals surface area contributed by atoms with Gasteiger partial charge >= 0.3 is 5.97 Å². The quantitative estimate of drug-likeness (QED) is 0.624. The molecule has 6 heteroatoms. The van der Waals surface area contributed by atoms with E-state index in [0.717, 1.165) is 19.3 Å². The van der Waals surface area contributed by atoms with Crippen molar-refractivity contribution < 1.29 is 23.8 Å². The fourth-order valence-corrected chi connectivity index (χ4v) is 3.74. The lowest BCUT2D eigenvalue weighted by atomic mass is 9.78. The van der Waals surface area contributed by atoms with E-state index in [0.29, 0.717) is 49.0 Å². The molecule has 1 aliphatic rings. The molecule has 0 aliphatic heterocycles. The summed E-state index contributed by atoms with van der Waals surface area (Å²) in [6.45, 7) is 9.07. The Labute approximate surface area is 167 Å². The van der Waals surface area contributed by atoms with Gasteiger partial charge in [-0.1, -0.05) is 20.3 Å². The van der Waals surface area contributed by atoms with Gasteiger partial charge in [0.15, 0.2) is 0 Å². The Morgan fingerprint density at radius 1 is 1.21 bits per heavy atom. The second-order valence-electron chi connectivity index (χ2n) is 7.36. The molecular formula is C22H33NO5. The summed E-state index contributed by atoms with van der Waals surface area (Å²) in [5, 5.41) is 2.95. The van der Waals surface area contributed by atoms with Crippen molar-refractivity contribution in [3.05, 3.63) is 23.8 Å². The minimum atomic E-state index is -0.812. The zero-order chi connectivity index (χ0) is 20.6. The number of esters is 1. The van der Waals surface area contributed by atoms with Gasteiger partial charge in [-0.05, 0) is 63.6 Å². The zero-order valence-electron chi connectivity index (χ0n) is 17.5. The normalized spacial score (nSPS) is 21.8. The molecule has 0 bridgehead atoms. The first-order valence-corrected chi connectivity index (χ1v) is 10.3. The molecule has 0 unspecified atom stereocenters. The maximum absolute atomic E-state index is 13.1. The van der Waals surface area contributed by atoms with E-state index in [2.05, 4.69) is 12.2 Å². The molecule has 1 aromatic rings. The molecule has 1 saturated carbocycles. The number of carbonyl (C=O) groups excluding carboxylic acids is 2. The molecule has 0 radical (unpaired) electrons. The molecule has 2 rings (SSSR count). The summed E-state index contributed by atoms with van der Waals surface area (Å²) in [7, 11) is 0. The van der Waals surface area contributed by atoms with Crippen LogP contribution in [-0.4, -0.2) is 37.3 Å². The van der Waals surface area contributed by atoms with Crippen LogP contribution in [0.5, 0.6) is 5.75 Å². The van der Waals surface area contributed by atoms with Gasteiger partial charge in [0.1, 0.15) is 16.9 Å². The highest BCUT2D eigenvalue weighted by Gasteiger charge is 2.42. The van der Waals surface area contributed by atoms with E-state index in [4.69, 9.17) is 14.2 Å². The standard InChI is InChI=1S/C22H33NO5/c1-5-13-27-19-11-10-17(14-18(19)20(24)26-6-2)23-21(25)22(28-7-3)12-8-9-16(4)15-22/h10-11,14,16H,5-9,12-13,15H2,1-4H3,(H,23,25)/t16-,22+/m0/s1. The van der Waals surface area contributed by atoms with Gasteiger partial charge in [-0.25, -0.2) is 4.79 Å². The number of rotatable bonds is 9. The summed E-state index contributed by atoms with van der Waals surface area (Å²) >= 11 is 0. The first kappa shape index (κ1) is 22.2. The second kappa shape index (κ2) is 10.5. The van der Waals surface area contributed by atoms with Crippen LogP contribution in [0.1, 0.15) is 70.2 Å². The predicted molar refractivity (Wildman–Crippen MR) is 109 cm³/mol. The number of hydrogen-bond acceptors (Lipinski definition) is 5. The van der Waals surface area contributed by atoms with Crippen LogP contribution in [0.4, 0.5) is 5.69 Å². The smallest absolute Gasteiger partial charge is 0.341 e. The monoisotopic (exact) mass is 391 g/mol. The molecule has 1 N–H and O–H groups in total. The van der Waals surface area contributed by atoms with Crippen LogP contribution in [0.3, 0.4) is 0 Å². The lowest BCUT2D eigenvalue weighted by Crippen LogP contribution is -2.48. The van der Waals surface area contributed by atoms with Crippen LogP contribution >= 0.6 is 0 Å². The summed E-state index contributed by atoms with van der Waals surface area (Å²) in [5.74, 6) is 0.281. The van der Waals surface area contributed by atoms with Gasteiger partial charge in [0.2, 0.25) is 0 Å². The van der Waals surface area contributed by atoms with Gasteiger partial charge < -0.3 is 19.5 Å². The van der Waals surface area contributed by atoms with Crippen molar-refractivity contribution in [3.8, 4) is 5.75 Å². The molecule has 28 heavy (non-hydrogen) atoms. The highest BCUT2D eigenvalue weighted by Crippen LogP contribution is 2.36. The lowest BCUT2D eigenvalue weighted by Gasteiger charge is -2.38. The van der Waals surface area contributed by atoms with Gasteiger partial charge in [0, 0.05) is 12.3 Å². The predicted octanol–water partition coefficient (Wildman–Crippen LogP) is 4.58. The molecule has 1 amide bonds. The van der Waals surface area contributed by atoms with Gasteiger partial charge in [0.05, 0.1) is 13.2 Å². The molecule has 1 fully saturated rings. The third-order valence-corrected chi connectivity index (χ3v) is 4.98. The number of anilines is 1. The SMILES string of the molecule is CCCOc1ccc(NC(=O)[C@@]2(OCC)CCC[C@H](C)C2)cc1C(=O)OCC. The maximum Gasteiger partial charge on any atom is 0.341 e. The van der Waals surface area contributed by atoms with Gasteiger partial charge in [0.25, 0.3) is 5.91 Å². The Bertz CT molecular complexity index is 671. The number of amides is 1. The van der Waals surface area contributed by atoms with E-state index < -0.39 is 11.6 Å². The molecule has 0 aromatic heterocycles.